The lowest BCUT2D eigenvalue weighted by molar-refractivity contribution is 0.0699. The Labute approximate surface area is 129 Å². The summed E-state index contributed by atoms with van der Waals surface area (Å²) in [7, 11) is 0. The van der Waals surface area contributed by atoms with Gasteiger partial charge in [-0.1, -0.05) is 49.4 Å². The van der Waals surface area contributed by atoms with Crippen LogP contribution >= 0.6 is 0 Å². The van der Waals surface area contributed by atoms with Gasteiger partial charge in [0.1, 0.15) is 0 Å². The second-order valence-electron chi connectivity index (χ2n) is 5.34. The van der Waals surface area contributed by atoms with Crippen LogP contribution in [0.4, 0.5) is 0 Å². The molecule has 0 unspecified atom stereocenters. The van der Waals surface area contributed by atoms with Crippen LogP contribution in [0.25, 0.3) is 22.2 Å². The Hall–Kier alpha value is -2.68. The molecule has 0 spiro atoms. The maximum Gasteiger partial charge on any atom is 0.336 e. The van der Waals surface area contributed by atoms with Gasteiger partial charge in [0.15, 0.2) is 0 Å². The number of nitrogens with zero attached hydrogens (tertiary/aromatic N) is 1. The second-order valence-corrected chi connectivity index (χ2v) is 5.34. The van der Waals surface area contributed by atoms with E-state index < -0.39 is 5.97 Å². The molecule has 110 valence electrons. The molecule has 0 saturated carbocycles. The maximum absolute atomic E-state index is 11.7. The molecule has 3 aromatic rings. The van der Waals surface area contributed by atoms with Crippen molar-refractivity contribution in [1.82, 2.24) is 4.98 Å². The van der Waals surface area contributed by atoms with E-state index in [1.54, 1.807) is 6.07 Å². The second kappa shape index (κ2) is 5.60. The van der Waals surface area contributed by atoms with Gasteiger partial charge in [0, 0.05) is 10.9 Å². The van der Waals surface area contributed by atoms with Crippen molar-refractivity contribution in [1.29, 1.82) is 0 Å². The Kier molecular flexibility index (Phi) is 3.63. The fraction of sp³-hybridized carbons (Fsp3) is 0.158. The van der Waals surface area contributed by atoms with Crippen LogP contribution in [0.5, 0.6) is 0 Å². The summed E-state index contributed by atoms with van der Waals surface area (Å²) in [4.78, 5) is 16.4. The van der Waals surface area contributed by atoms with Gasteiger partial charge in [-0.15, -0.1) is 0 Å². The molecule has 3 heteroatoms. The van der Waals surface area contributed by atoms with Gasteiger partial charge >= 0.3 is 5.97 Å². The number of aromatic nitrogens is 1. The highest BCUT2D eigenvalue weighted by Gasteiger charge is 2.15. The predicted octanol–water partition coefficient (Wildman–Crippen LogP) is 4.47. The Morgan fingerprint density at radius 1 is 1.14 bits per heavy atom. The number of fused-ring (bicyclic) bond motifs is 1. The van der Waals surface area contributed by atoms with Crippen molar-refractivity contribution in [2.24, 2.45) is 0 Å². The Balaban J connectivity index is 2.38. The fourth-order valence-corrected chi connectivity index (χ4v) is 2.77. The number of pyridine rings is 1. The number of hydrogen-bond donors (Lipinski definition) is 1. The van der Waals surface area contributed by atoms with E-state index in [2.05, 4.69) is 6.92 Å². The number of hydrogen-bond acceptors (Lipinski definition) is 2. The zero-order valence-electron chi connectivity index (χ0n) is 12.6. The van der Waals surface area contributed by atoms with E-state index in [1.165, 1.54) is 0 Å². The lowest BCUT2D eigenvalue weighted by Crippen LogP contribution is -2.02. The molecule has 0 aliphatic heterocycles. The largest absolute Gasteiger partial charge is 0.478 e. The van der Waals surface area contributed by atoms with Crippen molar-refractivity contribution < 1.29 is 9.90 Å². The Morgan fingerprint density at radius 2 is 1.91 bits per heavy atom. The van der Waals surface area contributed by atoms with Crippen LogP contribution in [0.2, 0.25) is 0 Å². The van der Waals surface area contributed by atoms with E-state index in [-0.39, 0.29) is 0 Å². The monoisotopic (exact) mass is 291 g/mol. The third kappa shape index (κ3) is 2.35. The van der Waals surface area contributed by atoms with E-state index in [0.717, 1.165) is 28.6 Å². The molecule has 1 aromatic heterocycles. The fourth-order valence-electron chi connectivity index (χ4n) is 2.77. The van der Waals surface area contributed by atoms with Gasteiger partial charge in [0.2, 0.25) is 0 Å². The summed E-state index contributed by atoms with van der Waals surface area (Å²) in [6.07, 6.45) is 0.820. The highest BCUT2D eigenvalue weighted by atomic mass is 16.4. The van der Waals surface area contributed by atoms with Crippen molar-refractivity contribution in [3.8, 4) is 11.3 Å². The first-order valence-electron chi connectivity index (χ1n) is 7.33. The molecule has 0 aliphatic rings. The maximum atomic E-state index is 11.7. The minimum atomic E-state index is -0.921. The van der Waals surface area contributed by atoms with Gasteiger partial charge < -0.3 is 5.11 Å². The standard InChI is InChI=1S/C19H17NO2/c1-3-13-8-6-10-15-16(19(21)22)11-17(20-18(13)15)14-9-5-4-7-12(14)2/h4-11H,3H2,1-2H3,(H,21,22). The summed E-state index contributed by atoms with van der Waals surface area (Å²) in [5.41, 5.74) is 4.92. The molecule has 1 heterocycles. The van der Waals surface area contributed by atoms with Gasteiger partial charge in [0.25, 0.3) is 0 Å². The summed E-state index contributed by atoms with van der Waals surface area (Å²) < 4.78 is 0. The van der Waals surface area contributed by atoms with Crippen LogP contribution < -0.4 is 0 Å². The summed E-state index contributed by atoms with van der Waals surface area (Å²) in [5.74, 6) is -0.921. The molecule has 0 amide bonds. The van der Waals surface area contributed by atoms with Gasteiger partial charge in [0.05, 0.1) is 16.8 Å². The zero-order chi connectivity index (χ0) is 15.7. The molecule has 0 saturated heterocycles. The van der Waals surface area contributed by atoms with E-state index in [4.69, 9.17) is 4.98 Å². The molecule has 3 rings (SSSR count). The SMILES string of the molecule is CCc1cccc2c(C(=O)O)cc(-c3ccccc3C)nc12. The molecule has 0 radical (unpaired) electrons. The van der Waals surface area contributed by atoms with E-state index in [0.29, 0.717) is 16.6 Å². The van der Waals surface area contributed by atoms with Crippen LogP contribution in [0.15, 0.2) is 48.5 Å². The van der Waals surface area contributed by atoms with E-state index in [9.17, 15) is 9.90 Å². The van der Waals surface area contributed by atoms with Crippen molar-refractivity contribution >= 4 is 16.9 Å². The molecule has 22 heavy (non-hydrogen) atoms. The minimum Gasteiger partial charge on any atom is -0.478 e. The first-order chi connectivity index (χ1) is 10.6. The van der Waals surface area contributed by atoms with Gasteiger partial charge in [-0.05, 0) is 30.5 Å². The number of carboxylic acids is 1. The van der Waals surface area contributed by atoms with Crippen LogP contribution in [0.1, 0.15) is 28.4 Å². The normalized spacial score (nSPS) is 10.8. The molecule has 3 nitrogen and oxygen atoms in total. The first kappa shape index (κ1) is 14.3. The third-order valence-electron chi connectivity index (χ3n) is 3.96. The first-order valence-corrected chi connectivity index (χ1v) is 7.33. The molecular formula is C19H17NO2. The van der Waals surface area contributed by atoms with E-state index in [1.807, 2.05) is 49.4 Å². The van der Waals surface area contributed by atoms with Crippen molar-refractivity contribution in [3.05, 3.63) is 65.2 Å². The van der Waals surface area contributed by atoms with Crippen LogP contribution in [0, 0.1) is 6.92 Å². The summed E-state index contributed by atoms with van der Waals surface area (Å²) in [5, 5.41) is 10.3. The number of carboxylic acid groups (broad SMARTS) is 1. The number of carbonyl (C=O) groups is 1. The third-order valence-corrected chi connectivity index (χ3v) is 3.96. The van der Waals surface area contributed by atoms with E-state index >= 15 is 0 Å². The molecule has 1 N–H and O–H groups in total. The van der Waals surface area contributed by atoms with Gasteiger partial charge in [-0.25, -0.2) is 9.78 Å². The molecule has 0 fully saturated rings. The lowest BCUT2D eigenvalue weighted by atomic mass is 9.99. The minimum absolute atomic E-state index is 0.304. The number of rotatable bonds is 3. The van der Waals surface area contributed by atoms with Crippen LogP contribution in [-0.2, 0) is 6.42 Å². The molecular weight excluding hydrogens is 274 g/mol. The number of aromatic carboxylic acids is 1. The number of para-hydroxylation sites is 1. The van der Waals surface area contributed by atoms with Crippen LogP contribution in [-0.4, -0.2) is 16.1 Å². The average Bonchev–Trinajstić information content (AvgIpc) is 2.53. The van der Waals surface area contributed by atoms with Gasteiger partial charge in [-0.2, -0.15) is 0 Å². The lowest BCUT2D eigenvalue weighted by Gasteiger charge is -2.11. The van der Waals surface area contributed by atoms with Crippen LogP contribution in [0.3, 0.4) is 0 Å². The molecule has 0 aliphatic carbocycles. The molecule has 0 bridgehead atoms. The van der Waals surface area contributed by atoms with Gasteiger partial charge in [-0.3, -0.25) is 0 Å². The summed E-state index contributed by atoms with van der Waals surface area (Å²) >= 11 is 0. The number of aryl methyl sites for hydroxylation is 2. The molecule has 2 aromatic carbocycles. The Bertz CT molecular complexity index is 868. The van der Waals surface area contributed by atoms with Crippen molar-refractivity contribution in [3.63, 3.8) is 0 Å². The summed E-state index contributed by atoms with van der Waals surface area (Å²) in [6, 6.07) is 15.3. The highest BCUT2D eigenvalue weighted by molar-refractivity contribution is 6.04. The summed E-state index contributed by atoms with van der Waals surface area (Å²) in [6.45, 7) is 4.06. The quantitative estimate of drug-likeness (QED) is 0.774. The topological polar surface area (TPSA) is 50.2 Å². The van der Waals surface area contributed by atoms with Crippen molar-refractivity contribution in [2.75, 3.05) is 0 Å². The smallest absolute Gasteiger partial charge is 0.336 e. The van der Waals surface area contributed by atoms with Crippen molar-refractivity contribution in [2.45, 2.75) is 20.3 Å². The average molecular weight is 291 g/mol. The highest BCUT2D eigenvalue weighted by Crippen LogP contribution is 2.28. The Morgan fingerprint density at radius 3 is 2.59 bits per heavy atom. The number of benzene rings is 2. The molecule has 0 atom stereocenters. The zero-order valence-corrected chi connectivity index (χ0v) is 12.6. The predicted molar refractivity (Wildman–Crippen MR) is 88.3 cm³/mol.